The first-order valence-corrected chi connectivity index (χ1v) is 6.66. The highest BCUT2D eigenvalue weighted by Gasteiger charge is 2.21. The second kappa shape index (κ2) is 6.39. The van der Waals surface area contributed by atoms with Crippen molar-refractivity contribution in [3.8, 4) is 0 Å². The van der Waals surface area contributed by atoms with Crippen LogP contribution in [0.2, 0.25) is 0 Å². The van der Waals surface area contributed by atoms with Crippen molar-refractivity contribution in [1.29, 1.82) is 0 Å². The summed E-state index contributed by atoms with van der Waals surface area (Å²) in [7, 11) is 0. The largest absolute Gasteiger partial charge is 0.271 e. The number of nitrogens with one attached hydrogen (secondary N) is 1. The molecule has 0 radical (unpaired) electrons. The van der Waals surface area contributed by atoms with Crippen molar-refractivity contribution in [2.24, 2.45) is 5.84 Å². The van der Waals surface area contributed by atoms with E-state index in [2.05, 4.69) is 21.4 Å². The van der Waals surface area contributed by atoms with Crippen molar-refractivity contribution < 1.29 is 13.2 Å². The van der Waals surface area contributed by atoms with Gasteiger partial charge in [0.1, 0.15) is 17.5 Å². The Morgan fingerprint density at radius 1 is 1.15 bits per heavy atom. The minimum absolute atomic E-state index is 0.147. The van der Waals surface area contributed by atoms with Crippen LogP contribution in [0.5, 0.6) is 0 Å². The number of nitrogens with two attached hydrogens (primary N) is 1. The van der Waals surface area contributed by atoms with E-state index in [9.17, 15) is 13.2 Å². The number of hydrogen-bond acceptors (Lipinski definition) is 2. The van der Waals surface area contributed by atoms with Crippen molar-refractivity contribution in [2.75, 3.05) is 0 Å². The summed E-state index contributed by atoms with van der Waals surface area (Å²) in [5, 5.41) is 0. The van der Waals surface area contributed by atoms with Gasteiger partial charge in [-0.25, -0.2) is 13.2 Å². The zero-order chi connectivity index (χ0) is 14.7. The maximum atomic E-state index is 14.0. The van der Waals surface area contributed by atoms with Gasteiger partial charge in [-0.05, 0) is 52.2 Å². The van der Waals surface area contributed by atoms with Crippen LogP contribution in [0.25, 0.3) is 0 Å². The van der Waals surface area contributed by atoms with E-state index in [0.717, 1.165) is 6.07 Å². The maximum Gasteiger partial charge on any atom is 0.145 e. The summed E-state index contributed by atoms with van der Waals surface area (Å²) >= 11 is 3.00. The Bertz CT molecular complexity index is 619. The topological polar surface area (TPSA) is 38.0 Å². The Balaban J connectivity index is 2.36. The van der Waals surface area contributed by atoms with Gasteiger partial charge in [-0.2, -0.15) is 0 Å². The normalized spacial score (nSPS) is 12.4. The van der Waals surface area contributed by atoms with E-state index >= 15 is 0 Å². The molecule has 0 saturated heterocycles. The summed E-state index contributed by atoms with van der Waals surface area (Å²) in [6.45, 7) is 0. The first kappa shape index (κ1) is 15.0. The number of halogens is 4. The van der Waals surface area contributed by atoms with Gasteiger partial charge in [-0.15, -0.1) is 0 Å². The van der Waals surface area contributed by atoms with E-state index in [1.165, 1.54) is 24.3 Å². The minimum Gasteiger partial charge on any atom is -0.271 e. The lowest BCUT2D eigenvalue weighted by molar-refractivity contribution is 0.470. The van der Waals surface area contributed by atoms with Crippen LogP contribution in [0, 0.1) is 17.5 Å². The molecule has 1 unspecified atom stereocenters. The molecule has 20 heavy (non-hydrogen) atoms. The first-order valence-electron chi connectivity index (χ1n) is 5.87. The van der Waals surface area contributed by atoms with E-state index in [1.807, 2.05) is 0 Å². The van der Waals surface area contributed by atoms with Crippen molar-refractivity contribution in [3.05, 3.63) is 69.4 Å². The Kier molecular flexibility index (Phi) is 4.80. The van der Waals surface area contributed by atoms with E-state index < -0.39 is 23.5 Å². The molecule has 0 amide bonds. The van der Waals surface area contributed by atoms with Gasteiger partial charge in [0, 0.05) is 5.56 Å². The van der Waals surface area contributed by atoms with Crippen molar-refractivity contribution in [1.82, 2.24) is 5.43 Å². The first-order chi connectivity index (χ1) is 9.52. The SMILES string of the molecule is NNC(Cc1cccc(F)c1)c1c(F)ccc(Br)c1F. The predicted octanol–water partition coefficient (Wildman–Crippen LogP) is 3.61. The lowest BCUT2D eigenvalue weighted by Crippen LogP contribution is -2.31. The fraction of sp³-hybridized carbons (Fsp3) is 0.143. The quantitative estimate of drug-likeness (QED) is 0.505. The van der Waals surface area contributed by atoms with Gasteiger partial charge in [0.25, 0.3) is 0 Å². The third-order valence-corrected chi connectivity index (χ3v) is 3.57. The molecule has 0 aliphatic heterocycles. The number of rotatable bonds is 4. The van der Waals surface area contributed by atoms with Crippen LogP contribution in [0.4, 0.5) is 13.2 Å². The van der Waals surface area contributed by atoms with Crippen LogP contribution >= 0.6 is 15.9 Å². The zero-order valence-corrected chi connectivity index (χ0v) is 11.9. The summed E-state index contributed by atoms with van der Waals surface area (Å²) < 4.78 is 41.1. The van der Waals surface area contributed by atoms with Crippen LogP contribution in [0.3, 0.4) is 0 Å². The van der Waals surface area contributed by atoms with Gasteiger partial charge in [-0.1, -0.05) is 12.1 Å². The average Bonchev–Trinajstić information content (AvgIpc) is 2.42. The highest BCUT2D eigenvalue weighted by molar-refractivity contribution is 9.10. The molecule has 2 rings (SSSR count). The van der Waals surface area contributed by atoms with Crippen LogP contribution in [0.1, 0.15) is 17.2 Å². The second-order valence-electron chi connectivity index (χ2n) is 4.31. The van der Waals surface area contributed by atoms with E-state index in [0.29, 0.717) is 5.56 Å². The van der Waals surface area contributed by atoms with E-state index in [4.69, 9.17) is 5.84 Å². The van der Waals surface area contributed by atoms with Gasteiger partial charge >= 0.3 is 0 Å². The van der Waals surface area contributed by atoms with Gasteiger partial charge in [0.05, 0.1) is 10.5 Å². The molecule has 0 fully saturated rings. The lowest BCUT2D eigenvalue weighted by Gasteiger charge is -2.18. The number of hydrogen-bond donors (Lipinski definition) is 2. The standard InChI is InChI=1S/C14H12BrF3N2/c15-10-4-5-11(17)13(14(10)18)12(20-19)7-8-2-1-3-9(16)6-8/h1-6,12,20H,7,19H2. The fourth-order valence-corrected chi connectivity index (χ4v) is 2.35. The summed E-state index contributed by atoms with van der Waals surface area (Å²) in [5.74, 6) is 3.56. The molecule has 6 heteroatoms. The van der Waals surface area contributed by atoms with Crippen LogP contribution in [-0.4, -0.2) is 0 Å². The Morgan fingerprint density at radius 3 is 2.55 bits per heavy atom. The third kappa shape index (κ3) is 3.20. The molecule has 0 aliphatic rings. The molecule has 106 valence electrons. The molecule has 2 aromatic rings. The molecular formula is C14H12BrF3N2. The number of hydrazine groups is 1. The molecule has 0 saturated carbocycles. The zero-order valence-electron chi connectivity index (χ0n) is 10.3. The molecule has 0 bridgehead atoms. The monoisotopic (exact) mass is 344 g/mol. The van der Waals surface area contributed by atoms with Gasteiger partial charge in [0.2, 0.25) is 0 Å². The fourth-order valence-electron chi connectivity index (χ4n) is 2.01. The molecule has 2 aromatic carbocycles. The predicted molar refractivity (Wildman–Crippen MR) is 74.2 cm³/mol. The van der Waals surface area contributed by atoms with Gasteiger partial charge < -0.3 is 0 Å². The van der Waals surface area contributed by atoms with E-state index in [1.54, 1.807) is 6.07 Å². The van der Waals surface area contributed by atoms with Crippen molar-refractivity contribution >= 4 is 15.9 Å². The van der Waals surface area contributed by atoms with Crippen molar-refractivity contribution in [3.63, 3.8) is 0 Å². The van der Waals surface area contributed by atoms with Gasteiger partial charge in [0.15, 0.2) is 0 Å². The summed E-state index contributed by atoms with van der Waals surface area (Å²) in [5.41, 5.74) is 2.79. The minimum atomic E-state index is -0.797. The molecule has 1 atom stereocenters. The lowest BCUT2D eigenvalue weighted by atomic mass is 9.98. The second-order valence-corrected chi connectivity index (χ2v) is 5.16. The van der Waals surface area contributed by atoms with Gasteiger partial charge in [-0.3, -0.25) is 11.3 Å². The van der Waals surface area contributed by atoms with Crippen LogP contribution in [-0.2, 0) is 6.42 Å². The molecule has 0 spiro atoms. The van der Waals surface area contributed by atoms with Crippen LogP contribution in [0.15, 0.2) is 40.9 Å². The summed E-state index contributed by atoms with van der Waals surface area (Å²) in [6, 6.07) is 7.44. The highest BCUT2D eigenvalue weighted by atomic mass is 79.9. The maximum absolute atomic E-state index is 14.0. The number of benzene rings is 2. The Hall–Kier alpha value is -1.37. The van der Waals surface area contributed by atoms with Crippen molar-refractivity contribution in [2.45, 2.75) is 12.5 Å². The molecule has 0 aromatic heterocycles. The molecule has 0 heterocycles. The third-order valence-electron chi connectivity index (χ3n) is 2.96. The Labute approximate surface area is 122 Å². The molecule has 2 nitrogen and oxygen atoms in total. The van der Waals surface area contributed by atoms with Crippen LogP contribution < -0.4 is 11.3 Å². The average molecular weight is 345 g/mol. The Morgan fingerprint density at radius 2 is 1.90 bits per heavy atom. The van der Waals surface area contributed by atoms with E-state index in [-0.39, 0.29) is 16.5 Å². The summed E-state index contributed by atoms with van der Waals surface area (Å²) in [6.07, 6.45) is 0.165. The summed E-state index contributed by atoms with van der Waals surface area (Å²) in [4.78, 5) is 0. The molecular weight excluding hydrogens is 333 g/mol. The highest BCUT2D eigenvalue weighted by Crippen LogP contribution is 2.28. The molecule has 0 aliphatic carbocycles. The molecule has 3 N–H and O–H groups in total. The smallest absolute Gasteiger partial charge is 0.145 e.